The molecule has 0 aliphatic heterocycles. The molecule has 0 radical (unpaired) electrons. The molecule has 21 heavy (non-hydrogen) atoms. The van der Waals surface area contributed by atoms with E-state index in [0.29, 0.717) is 16.6 Å². The number of hydrogen-bond acceptors (Lipinski definition) is 4. The Kier molecular flexibility index (Phi) is 3.35. The van der Waals surface area contributed by atoms with E-state index in [9.17, 15) is 4.79 Å². The van der Waals surface area contributed by atoms with Crippen molar-refractivity contribution >= 4 is 34.2 Å². The van der Waals surface area contributed by atoms with Crippen LogP contribution in [0.25, 0.3) is 10.8 Å². The summed E-state index contributed by atoms with van der Waals surface area (Å²) >= 11 is 6.05. The van der Waals surface area contributed by atoms with E-state index in [-0.39, 0.29) is 5.91 Å². The molecule has 0 spiro atoms. The third-order valence-electron chi connectivity index (χ3n) is 3.38. The van der Waals surface area contributed by atoms with Crippen molar-refractivity contribution in [3.05, 3.63) is 52.4 Å². The van der Waals surface area contributed by atoms with Crippen LogP contribution in [-0.4, -0.2) is 16.0 Å². The first-order valence-electron chi connectivity index (χ1n) is 6.35. The number of carbonyl (C=O) groups excluding carboxylic acids is 1. The average Bonchev–Trinajstić information content (AvgIpc) is 2.80. The number of halogens is 1. The second kappa shape index (κ2) is 5.18. The molecule has 0 saturated heterocycles. The number of hydrogen-bond donors (Lipinski definition) is 1. The van der Waals surface area contributed by atoms with Gasteiger partial charge < -0.3 is 4.52 Å². The maximum absolute atomic E-state index is 12.4. The molecule has 0 aliphatic carbocycles. The molecule has 0 bridgehead atoms. The summed E-state index contributed by atoms with van der Waals surface area (Å²) in [6, 6.07) is 7.35. The molecule has 0 saturated carbocycles. The number of amides is 1. The van der Waals surface area contributed by atoms with Gasteiger partial charge in [-0.05, 0) is 19.2 Å². The summed E-state index contributed by atoms with van der Waals surface area (Å²) in [4.78, 5) is 16.5. The fraction of sp³-hybridized carbons (Fsp3) is 0.133. The summed E-state index contributed by atoms with van der Waals surface area (Å²) in [5.74, 6) is 0.0335. The van der Waals surface area contributed by atoms with Crippen LogP contribution in [0.5, 0.6) is 0 Å². The molecule has 0 aliphatic rings. The lowest BCUT2D eigenvalue weighted by Gasteiger charge is -2.07. The molecule has 3 rings (SSSR count). The summed E-state index contributed by atoms with van der Waals surface area (Å²) in [5.41, 5.74) is 1.97. The van der Waals surface area contributed by atoms with Crippen molar-refractivity contribution in [1.29, 1.82) is 0 Å². The van der Waals surface area contributed by atoms with Crippen molar-refractivity contribution in [3.8, 4) is 0 Å². The Bertz CT molecular complexity index is 842. The Balaban J connectivity index is 2.03. The van der Waals surface area contributed by atoms with Crippen molar-refractivity contribution in [2.24, 2.45) is 0 Å². The maximum Gasteiger partial charge on any atom is 0.260 e. The largest absolute Gasteiger partial charge is 0.338 e. The second-order valence-electron chi connectivity index (χ2n) is 4.68. The fourth-order valence-electron chi connectivity index (χ4n) is 2.04. The molecular weight excluding hydrogens is 290 g/mol. The zero-order chi connectivity index (χ0) is 15.0. The van der Waals surface area contributed by atoms with Crippen molar-refractivity contribution in [2.75, 3.05) is 5.32 Å². The van der Waals surface area contributed by atoms with E-state index in [1.807, 2.05) is 38.1 Å². The number of benzene rings is 1. The molecule has 3 aromatic rings. The predicted octanol–water partition coefficient (Wildman–Crippen LogP) is 3.75. The number of pyridine rings is 1. The summed E-state index contributed by atoms with van der Waals surface area (Å²) in [6.07, 6.45) is 1.46. The molecule has 0 atom stereocenters. The highest BCUT2D eigenvalue weighted by Crippen LogP contribution is 2.25. The van der Waals surface area contributed by atoms with E-state index >= 15 is 0 Å². The zero-order valence-electron chi connectivity index (χ0n) is 11.5. The van der Waals surface area contributed by atoms with E-state index in [4.69, 9.17) is 16.1 Å². The van der Waals surface area contributed by atoms with Gasteiger partial charge in [0, 0.05) is 17.1 Å². The van der Waals surface area contributed by atoms with Gasteiger partial charge in [0.05, 0.1) is 11.3 Å². The standard InChI is InChI=1S/C15H12ClN3O2/c1-8-9(2)19-21-15(8)18-14(20)12-7-17-13(16)11-6-4-3-5-10(11)12/h3-7H,1-2H3,(H,18,20). The lowest BCUT2D eigenvalue weighted by Crippen LogP contribution is -2.13. The molecule has 1 amide bonds. The number of nitrogens with one attached hydrogen (secondary N) is 1. The zero-order valence-corrected chi connectivity index (χ0v) is 12.2. The van der Waals surface area contributed by atoms with Gasteiger partial charge >= 0.3 is 0 Å². The number of nitrogens with zero attached hydrogens (tertiary/aromatic N) is 2. The third kappa shape index (κ3) is 2.36. The van der Waals surface area contributed by atoms with Crippen LogP contribution in [0.2, 0.25) is 5.15 Å². The molecule has 106 valence electrons. The van der Waals surface area contributed by atoms with Crippen molar-refractivity contribution in [1.82, 2.24) is 10.1 Å². The number of fused-ring (bicyclic) bond motifs is 1. The minimum absolute atomic E-state index is 0.311. The van der Waals surface area contributed by atoms with Crippen LogP contribution in [0, 0.1) is 13.8 Å². The second-order valence-corrected chi connectivity index (χ2v) is 5.04. The Morgan fingerprint density at radius 1 is 1.24 bits per heavy atom. The molecule has 6 heteroatoms. The highest BCUT2D eigenvalue weighted by Gasteiger charge is 2.16. The summed E-state index contributed by atoms with van der Waals surface area (Å²) in [6.45, 7) is 3.65. The maximum atomic E-state index is 12.4. The van der Waals surface area contributed by atoms with Gasteiger partial charge in [-0.25, -0.2) is 4.98 Å². The summed E-state index contributed by atoms with van der Waals surface area (Å²) < 4.78 is 5.09. The predicted molar refractivity (Wildman–Crippen MR) is 80.7 cm³/mol. The minimum atomic E-state index is -0.311. The highest BCUT2D eigenvalue weighted by molar-refractivity contribution is 6.35. The summed E-state index contributed by atoms with van der Waals surface area (Å²) in [5, 5.41) is 8.36. The number of anilines is 1. The minimum Gasteiger partial charge on any atom is -0.338 e. The van der Waals surface area contributed by atoms with Gasteiger partial charge in [0.25, 0.3) is 5.91 Å². The molecular formula is C15H12ClN3O2. The Labute approximate surface area is 125 Å². The molecule has 2 aromatic heterocycles. The van der Waals surface area contributed by atoms with Gasteiger partial charge in [-0.2, -0.15) is 0 Å². The molecule has 0 unspecified atom stereocenters. The van der Waals surface area contributed by atoms with E-state index in [1.165, 1.54) is 6.20 Å². The van der Waals surface area contributed by atoms with Crippen molar-refractivity contribution in [2.45, 2.75) is 13.8 Å². The SMILES string of the molecule is Cc1noc(NC(=O)c2cnc(Cl)c3ccccc23)c1C. The first kappa shape index (κ1) is 13.6. The van der Waals surface area contributed by atoms with Crippen LogP contribution >= 0.6 is 11.6 Å². The molecule has 0 fully saturated rings. The lowest BCUT2D eigenvalue weighted by molar-refractivity contribution is 0.102. The molecule has 1 N–H and O–H groups in total. The van der Waals surface area contributed by atoms with Crippen LogP contribution in [0.3, 0.4) is 0 Å². The van der Waals surface area contributed by atoms with Crippen LogP contribution in [0.15, 0.2) is 35.0 Å². The Hall–Kier alpha value is -2.40. The van der Waals surface area contributed by atoms with Crippen LogP contribution in [0.1, 0.15) is 21.6 Å². The van der Waals surface area contributed by atoms with E-state index in [0.717, 1.165) is 22.0 Å². The van der Waals surface area contributed by atoms with Gasteiger partial charge in [0.15, 0.2) is 0 Å². The monoisotopic (exact) mass is 301 g/mol. The Morgan fingerprint density at radius 3 is 2.62 bits per heavy atom. The number of aryl methyl sites for hydroxylation is 1. The first-order chi connectivity index (χ1) is 10.1. The van der Waals surface area contributed by atoms with Gasteiger partial charge in [-0.15, -0.1) is 0 Å². The van der Waals surface area contributed by atoms with Crippen molar-refractivity contribution in [3.63, 3.8) is 0 Å². The van der Waals surface area contributed by atoms with E-state index in [1.54, 1.807) is 0 Å². The molecule has 2 heterocycles. The van der Waals surface area contributed by atoms with Gasteiger partial charge in [-0.3, -0.25) is 10.1 Å². The number of rotatable bonds is 2. The van der Waals surface area contributed by atoms with E-state index < -0.39 is 0 Å². The van der Waals surface area contributed by atoms with Gasteiger partial charge in [-0.1, -0.05) is 41.0 Å². The third-order valence-corrected chi connectivity index (χ3v) is 3.68. The normalized spacial score (nSPS) is 10.8. The quantitative estimate of drug-likeness (QED) is 0.732. The number of carbonyl (C=O) groups is 1. The van der Waals surface area contributed by atoms with Crippen LogP contribution < -0.4 is 5.32 Å². The summed E-state index contributed by atoms with van der Waals surface area (Å²) in [7, 11) is 0. The molecule has 1 aromatic carbocycles. The van der Waals surface area contributed by atoms with E-state index in [2.05, 4.69) is 15.5 Å². The average molecular weight is 302 g/mol. The van der Waals surface area contributed by atoms with Gasteiger partial charge in [0.2, 0.25) is 5.88 Å². The lowest BCUT2D eigenvalue weighted by atomic mass is 10.1. The Morgan fingerprint density at radius 2 is 1.95 bits per heavy atom. The fourth-order valence-corrected chi connectivity index (χ4v) is 2.26. The van der Waals surface area contributed by atoms with Crippen LogP contribution in [-0.2, 0) is 0 Å². The van der Waals surface area contributed by atoms with Crippen LogP contribution in [0.4, 0.5) is 5.88 Å². The van der Waals surface area contributed by atoms with Gasteiger partial charge in [0.1, 0.15) is 5.15 Å². The topological polar surface area (TPSA) is 68.0 Å². The smallest absolute Gasteiger partial charge is 0.260 e. The van der Waals surface area contributed by atoms with Crippen molar-refractivity contribution < 1.29 is 9.32 Å². The highest BCUT2D eigenvalue weighted by atomic mass is 35.5. The number of aromatic nitrogens is 2. The first-order valence-corrected chi connectivity index (χ1v) is 6.73. The molecule has 5 nitrogen and oxygen atoms in total.